The van der Waals surface area contributed by atoms with Crippen molar-refractivity contribution in [2.24, 2.45) is 5.73 Å². The first-order chi connectivity index (χ1) is 15.1. The number of aromatic nitrogens is 3. The molecule has 0 fully saturated rings. The Kier molecular flexibility index (Phi) is 8.00. The molecule has 2 heterocycles. The Bertz CT molecular complexity index is 989. The Morgan fingerprint density at radius 3 is 2.35 bits per heavy atom. The van der Waals surface area contributed by atoms with E-state index in [-0.39, 0.29) is 5.78 Å². The van der Waals surface area contributed by atoms with Crippen LogP contribution in [0.1, 0.15) is 56.8 Å². The van der Waals surface area contributed by atoms with Gasteiger partial charge in [-0.25, -0.2) is 9.97 Å². The summed E-state index contributed by atoms with van der Waals surface area (Å²) in [6, 6.07) is 11.6. The van der Waals surface area contributed by atoms with Crippen molar-refractivity contribution in [1.29, 1.82) is 0 Å². The molecule has 31 heavy (non-hydrogen) atoms. The minimum atomic E-state index is 0.0565. The quantitative estimate of drug-likeness (QED) is 0.324. The number of ketones is 1. The van der Waals surface area contributed by atoms with Crippen LogP contribution in [-0.2, 0) is 6.54 Å². The number of nitrogens with zero attached hydrogens (tertiary/aromatic N) is 4. The van der Waals surface area contributed by atoms with Gasteiger partial charge >= 0.3 is 0 Å². The van der Waals surface area contributed by atoms with Crippen molar-refractivity contribution in [1.82, 2.24) is 14.5 Å². The van der Waals surface area contributed by atoms with Gasteiger partial charge in [-0.05, 0) is 75.5 Å². The van der Waals surface area contributed by atoms with E-state index in [1.54, 1.807) is 6.92 Å². The molecule has 3 N–H and O–H groups in total. The van der Waals surface area contributed by atoms with Crippen molar-refractivity contribution in [3.8, 4) is 0 Å². The molecule has 3 aromatic rings. The number of hydrogen-bond acceptors (Lipinski definition) is 6. The zero-order valence-electron chi connectivity index (χ0n) is 18.9. The molecule has 0 aliphatic heterocycles. The fraction of sp³-hybridized carbons (Fsp3) is 0.458. The van der Waals surface area contributed by atoms with Gasteiger partial charge in [-0.15, -0.1) is 0 Å². The molecule has 0 unspecified atom stereocenters. The number of Topliss-reactive ketones (excluding diaryl/α,β-unsaturated/α-hetero) is 1. The largest absolute Gasteiger partial charge is 0.357 e. The van der Waals surface area contributed by atoms with Gasteiger partial charge in [0.15, 0.2) is 11.4 Å². The number of imidazole rings is 1. The van der Waals surface area contributed by atoms with Gasteiger partial charge in [0, 0.05) is 30.9 Å². The molecule has 3 rings (SSSR count). The van der Waals surface area contributed by atoms with Crippen molar-refractivity contribution in [2.75, 3.05) is 29.9 Å². The van der Waals surface area contributed by atoms with Crippen molar-refractivity contribution in [3.05, 3.63) is 42.0 Å². The van der Waals surface area contributed by atoms with Crippen LogP contribution >= 0.6 is 0 Å². The molecule has 7 nitrogen and oxygen atoms in total. The minimum Gasteiger partial charge on any atom is -0.357 e. The first-order valence-electron chi connectivity index (χ1n) is 11.3. The summed E-state index contributed by atoms with van der Waals surface area (Å²) in [6.07, 6.45) is 4.07. The Labute approximate surface area is 184 Å². The summed E-state index contributed by atoms with van der Waals surface area (Å²) in [4.78, 5) is 23.7. The monoisotopic (exact) mass is 422 g/mol. The number of fused-ring (bicyclic) bond motifs is 1. The molecule has 166 valence electrons. The number of nitrogens with one attached hydrogen (secondary N) is 1. The fourth-order valence-electron chi connectivity index (χ4n) is 3.69. The summed E-state index contributed by atoms with van der Waals surface area (Å²) in [5.74, 6) is 1.80. The normalized spacial score (nSPS) is 11.1. The lowest BCUT2D eigenvalue weighted by molar-refractivity contribution is 0.101. The molecule has 0 atom stereocenters. The van der Waals surface area contributed by atoms with E-state index < -0.39 is 0 Å². The molecule has 0 saturated heterocycles. The van der Waals surface area contributed by atoms with Crippen LogP contribution in [0.2, 0.25) is 0 Å². The van der Waals surface area contributed by atoms with Crippen molar-refractivity contribution in [2.45, 2.75) is 53.0 Å². The van der Waals surface area contributed by atoms with E-state index in [1.807, 2.05) is 24.3 Å². The lowest BCUT2D eigenvalue weighted by Gasteiger charge is -2.22. The Balaban J connectivity index is 1.97. The number of aryl methyl sites for hydroxylation is 1. The second-order valence-corrected chi connectivity index (χ2v) is 7.84. The topological polar surface area (TPSA) is 89.1 Å². The third kappa shape index (κ3) is 5.61. The maximum Gasteiger partial charge on any atom is 0.209 e. The van der Waals surface area contributed by atoms with E-state index in [9.17, 15) is 4.79 Å². The number of carbonyl (C=O) groups is 1. The summed E-state index contributed by atoms with van der Waals surface area (Å²) in [5.41, 5.74) is 9.06. The smallest absolute Gasteiger partial charge is 0.209 e. The van der Waals surface area contributed by atoms with Crippen molar-refractivity contribution in [3.63, 3.8) is 0 Å². The Morgan fingerprint density at radius 1 is 1.03 bits per heavy atom. The van der Waals surface area contributed by atoms with Gasteiger partial charge in [0.25, 0.3) is 0 Å². The summed E-state index contributed by atoms with van der Waals surface area (Å²) >= 11 is 0. The minimum absolute atomic E-state index is 0.0565. The number of unbranched alkanes of at least 4 members (excludes halogenated alkanes) is 1. The molecular formula is C24H34N6O. The summed E-state index contributed by atoms with van der Waals surface area (Å²) in [7, 11) is 0. The van der Waals surface area contributed by atoms with Crippen LogP contribution in [-0.4, -0.2) is 40.0 Å². The highest BCUT2D eigenvalue weighted by Crippen LogP contribution is 2.25. The number of hydrogen-bond donors (Lipinski definition) is 2. The fourth-order valence-corrected chi connectivity index (χ4v) is 3.69. The van der Waals surface area contributed by atoms with Crippen LogP contribution in [0.5, 0.6) is 0 Å². The first-order valence-corrected chi connectivity index (χ1v) is 11.3. The summed E-state index contributed by atoms with van der Waals surface area (Å²) in [5, 5.41) is 3.41. The van der Waals surface area contributed by atoms with Crippen LogP contribution in [0.3, 0.4) is 0 Å². The van der Waals surface area contributed by atoms with Gasteiger partial charge in [0.2, 0.25) is 5.95 Å². The summed E-state index contributed by atoms with van der Waals surface area (Å²) < 4.78 is 2.14. The number of pyridine rings is 1. The van der Waals surface area contributed by atoms with Gasteiger partial charge in [-0.2, -0.15) is 0 Å². The van der Waals surface area contributed by atoms with Crippen molar-refractivity contribution < 1.29 is 4.79 Å². The molecule has 0 spiro atoms. The number of benzene rings is 1. The first kappa shape index (κ1) is 22.7. The molecule has 2 aromatic heterocycles. The molecule has 0 radical (unpaired) electrons. The van der Waals surface area contributed by atoms with Gasteiger partial charge < -0.3 is 16.0 Å². The SMILES string of the molecule is CCCN(CCC)c1ccc2nc(Nc3ccc(C(C)=O)cc3)n(CCCCN)c2n1. The molecule has 1 aromatic carbocycles. The average molecular weight is 423 g/mol. The highest BCUT2D eigenvalue weighted by molar-refractivity contribution is 5.94. The molecule has 0 amide bonds. The van der Waals surface area contributed by atoms with E-state index in [2.05, 4.69) is 40.8 Å². The molecule has 0 bridgehead atoms. The van der Waals surface area contributed by atoms with Gasteiger partial charge in [-0.1, -0.05) is 13.8 Å². The van der Waals surface area contributed by atoms with Gasteiger partial charge in [-0.3, -0.25) is 9.36 Å². The maximum atomic E-state index is 11.6. The average Bonchev–Trinajstić information content (AvgIpc) is 3.10. The summed E-state index contributed by atoms with van der Waals surface area (Å²) in [6.45, 7) is 9.39. The molecular weight excluding hydrogens is 388 g/mol. The standard InChI is InChI=1S/C24H34N6O/c1-4-15-29(16-5-2)22-13-12-21-23(28-22)30(17-7-6-14-25)24(27-21)26-20-10-8-19(9-11-20)18(3)31/h8-13H,4-7,14-17,25H2,1-3H3,(H,26,27). The third-order valence-electron chi connectivity index (χ3n) is 5.27. The lowest BCUT2D eigenvalue weighted by Crippen LogP contribution is -2.25. The molecule has 0 saturated carbocycles. The van der Waals surface area contributed by atoms with Crippen LogP contribution in [0, 0.1) is 0 Å². The molecule has 0 aliphatic rings. The maximum absolute atomic E-state index is 11.6. The lowest BCUT2D eigenvalue weighted by atomic mass is 10.1. The van der Waals surface area contributed by atoms with E-state index in [4.69, 9.17) is 15.7 Å². The van der Waals surface area contributed by atoms with E-state index >= 15 is 0 Å². The molecule has 7 heteroatoms. The Morgan fingerprint density at radius 2 is 1.74 bits per heavy atom. The van der Waals surface area contributed by atoms with E-state index in [0.29, 0.717) is 12.1 Å². The van der Waals surface area contributed by atoms with Crippen molar-refractivity contribution >= 4 is 34.4 Å². The molecule has 0 aliphatic carbocycles. The van der Waals surface area contributed by atoms with Crippen LogP contribution < -0.4 is 16.0 Å². The number of anilines is 3. The van der Waals surface area contributed by atoms with Crippen LogP contribution in [0.25, 0.3) is 11.2 Å². The van der Waals surface area contributed by atoms with E-state index in [1.165, 1.54) is 0 Å². The second kappa shape index (κ2) is 10.9. The van der Waals surface area contributed by atoms with Gasteiger partial charge in [0.1, 0.15) is 11.3 Å². The van der Waals surface area contributed by atoms with E-state index in [0.717, 1.165) is 73.9 Å². The Hall–Kier alpha value is -2.93. The zero-order valence-corrected chi connectivity index (χ0v) is 18.9. The number of rotatable bonds is 12. The number of nitrogens with two attached hydrogens (primary N) is 1. The highest BCUT2D eigenvalue weighted by atomic mass is 16.1. The predicted molar refractivity (Wildman–Crippen MR) is 128 cm³/mol. The predicted octanol–water partition coefficient (Wildman–Crippen LogP) is 4.74. The highest BCUT2D eigenvalue weighted by Gasteiger charge is 2.15. The number of carbonyl (C=O) groups excluding carboxylic acids is 1. The zero-order chi connectivity index (χ0) is 22.2. The van der Waals surface area contributed by atoms with Gasteiger partial charge in [0.05, 0.1) is 0 Å². The van der Waals surface area contributed by atoms with Crippen LogP contribution in [0.15, 0.2) is 36.4 Å². The van der Waals surface area contributed by atoms with Crippen LogP contribution in [0.4, 0.5) is 17.5 Å². The third-order valence-corrected chi connectivity index (χ3v) is 5.27. The second-order valence-electron chi connectivity index (χ2n) is 7.84.